The standard InChI is InChI=1S/C8H9FN2/c1-5-2-6-3-7(9)4-10-8(6)11-5/h3-5H,2H2,1H3,(H,10,11). The van der Waals surface area contributed by atoms with Gasteiger partial charge >= 0.3 is 0 Å². The van der Waals surface area contributed by atoms with Crippen molar-refractivity contribution in [3.05, 3.63) is 23.6 Å². The van der Waals surface area contributed by atoms with Gasteiger partial charge in [0, 0.05) is 6.04 Å². The zero-order valence-corrected chi connectivity index (χ0v) is 6.26. The molecule has 0 radical (unpaired) electrons. The molecule has 0 bridgehead atoms. The molecule has 2 heterocycles. The van der Waals surface area contributed by atoms with Gasteiger partial charge < -0.3 is 5.32 Å². The third kappa shape index (κ3) is 1.06. The number of fused-ring (bicyclic) bond motifs is 1. The lowest BCUT2D eigenvalue weighted by Gasteiger charge is -1.99. The SMILES string of the molecule is CC1Cc2cc(F)cnc2N1. The third-order valence-corrected chi connectivity index (χ3v) is 1.84. The topological polar surface area (TPSA) is 24.9 Å². The van der Waals surface area contributed by atoms with Crippen LogP contribution >= 0.6 is 0 Å². The number of hydrogen-bond acceptors (Lipinski definition) is 2. The zero-order valence-electron chi connectivity index (χ0n) is 6.26. The van der Waals surface area contributed by atoms with Crippen molar-refractivity contribution in [3.8, 4) is 0 Å². The van der Waals surface area contributed by atoms with Crippen LogP contribution in [0.3, 0.4) is 0 Å². The fourth-order valence-electron chi connectivity index (χ4n) is 1.38. The van der Waals surface area contributed by atoms with Crippen molar-refractivity contribution in [2.75, 3.05) is 5.32 Å². The van der Waals surface area contributed by atoms with Crippen LogP contribution in [-0.2, 0) is 6.42 Å². The number of halogens is 1. The lowest BCUT2D eigenvalue weighted by Crippen LogP contribution is -2.08. The molecular weight excluding hydrogens is 143 g/mol. The van der Waals surface area contributed by atoms with Crippen LogP contribution in [-0.4, -0.2) is 11.0 Å². The molecule has 2 nitrogen and oxygen atoms in total. The summed E-state index contributed by atoms with van der Waals surface area (Å²) in [4.78, 5) is 3.92. The highest BCUT2D eigenvalue weighted by Crippen LogP contribution is 2.22. The van der Waals surface area contributed by atoms with Gasteiger partial charge in [-0.1, -0.05) is 0 Å². The van der Waals surface area contributed by atoms with E-state index in [4.69, 9.17) is 0 Å². The summed E-state index contributed by atoms with van der Waals surface area (Å²) in [6.45, 7) is 2.06. The quantitative estimate of drug-likeness (QED) is 0.610. The van der Waals surface area contributed by atoms with Crippen LogP contribution in [0.5, 0.6) is 0 Å². The van der Waals surface area contributed by atoms with E-state index in [0.717, 1.165) is 17.8 Å². The normalized spacial score (nSPS) is 21.1. The molecule has 0 amide bonds. The lowest BCUT2D eigenvalue weighted by molar-refractivity contribution is 0.620. The van der Waals surface area contributed by atoms with Gasteiger partial charge in [-0.05, 0) is 25.0 Å². The summed E-state index contributed by atoms with van der Waals surface area (Å²) in [5.41, 5.74) is 0.984. The Kier molecular flexibility index (Phi) is 1.31. The first-order chi connectivity index (χ1) is 5.25. The second-order valence-electron chi connectivity index (χ2n) is 2.91. The molecule has 1 aliphatic rings. The van der Waals surface area contributed by atoms with Gasteiger partial charge in [-0.3, -0.25) is 0 Å². The Morgan fingerprint density at radius 3 is 3.36 bits per heavy atom. The smallest absolute Gasteiger partial charge is 0.141 e. The first kappa shape index (κ1) is 6.58. The number of nitrogens with zero attached hydrogens (tertiary/aromatic N) is 1. The van der Waals surface area contributed by atoms with Gasteiger partial charge in [0.1, 0.15) is 11.6 Å². The summed E-state index contributed by atoms with van der Waals surface area (Å²) in [5, 5.41) is 3.15. The monoisotopic (exact) mass is 152 g/mol. The fraction of sp³-hybridized carbons (Fsp3) is 0.375. The van der Waals surface area contributed by atoms with Crippen molar-refractivity contribution in [3.63, 3.8) is 0 Å². The number of rotatable bonds is 0. The molecule has 3 heteroatoms. The van der Waals surface area contributed by atoms with Crippen molar-refractivity contribution in [2.45, 2.75) is 19.4 Å². The van der Waals surface area contributed by atoms with Gasteiger partial charge in [-0.25, -0.2) is 9.37 Å². The van der Waals surface area contributed by atoms with Gasteiger partial charge in [0.2, 0.25) is 0 Å². The minimum atomic E-state index is -0.250. The molecule has 0 saturated heterocycles. The van der Waals surface area contributed by atoms with Crippen LogP contribution in [0.15, 0.2) is 12.3 Å². The van der Waals surface area contributed by atoms with Crippen molar-refractivity contribution >= 4 is 5.82 Å². The Bertz CT molecular complexity index is 285. The lowest BCUT2D eigenvalue weighted by atomic mass is 10.2. The zero-order chi connectivity index (χ0) is 7.84. The molecule has 0 saturated carbocycles. The van der Waals surface area contributed by atoms with Crippen molar-refractivity contribution < 1.29 is 4.39 Å². The summed E-state index contributed by atoms with van der Waals surface area (Å²) in [7, 11) is 0. The Labute approximate surface area is 64.5 Å². The van der Waals surface area contributed by atoms with Crippen molar-refractivity contribution in [1.82, 2.24) is 4.98 Å². The Morgan fingerprint density at radius 1 is 1.73 bits per heavy atom. The van der Waals surface area contributed by atoms with E-state index in [2.05, 4.69) is 17.2 Å². The van der Waals surface area contributed by atoms with Gasteiger partial charge in [-0.2, -0.15) is 0 Å². The predicted octanol–water partition coefficient (Wildman–Crippen LogP) is 1.58. The van der Waals surface area contributed by atoms with Crippen LogP contribution in [0.25, 0.3) is 0 Å². The molecule has 1 atom stereocenters. The minimum absolute atomic E-state index is 0.250. The van der Waals surface area contributed by atoms with Gasteiger partial charge in [0.05, 0.1) is 6.20 Å². The third-order valence-electron chi connectivity index (χ3n) is 1.84. The van der Waals surface area contributed by atoms with Crippen molar-refractivity contribution in [2.24, 2.45) is 0 Å². The average Bonchev–Trinajstić information content (AvgIpc) is 2.27. The molecule has 1 unspecified atom stereocenters. The molecule has 58 valence electrons. The average molecular weight is 152 g/mol. The first-order valence-electron chi connectivity index (χ1n) is 3.66. The van der Waals surface area contributed by atoms with E-state index < -0.39 is 0 Å². The molecule has 0 spiro atoms. The van der Waals surface area contributed by atoms with E-state index in [1.54, 1.807) is 6.07 Å². The predicted molar refractivity (Wildman–Crippen MR) is 41.0 cm³/mol. The highest BCUT2D eigenvalue weighted by atomic mass is 19.1. The maximum absolute atomic E-state index is 12.6. The molecule has 1 aromatic heterocycles. The van der Waals surface area contributed by atoms with E-state index >= 15 is 0 Å². The van der Waals surface area contributed by atoms with Crippen LogP contribution in [0.1, 0.15) is 12.5 Å². The summed E-state index contributed by atoms with van der Waals surface area (Å²) >= 11 is 0. The summed E-state index contributed by atoms with van der Waals surface area (Å²) in [6.07, 6.45) is 2.12. The molecule has 2 rings (SSSR count). The number of pyridine rings is 1. The van der Waals surface area contributed by atoms with E-state index in [1.165, 1.54) is 6.20 Å². The Morgan fingerprint density at radius 2 is 2.55 bits per heavy atom. The maximum atomic E-state index is 12.6. The molecule has 1 aliphatic heterocycles. The van der Waals surface area contributed by atoms with Crippen LogP contribution in [0.4, 0.5) is 10.2 Å². The van der Waals surface area contributed by atoms with Crippen LogP contribution in [0, 0.1) is 5.82 Å². The van der Waals surface area contributed by atoms with Crippen molar-refractivity contribution in [1.29, 1.82) is 0 Å². The molecule has 0 aliphatic carbocycles. The molecule has 1 aromatic rings. The van der Waals surface area contributed by atoms with Gasteiger partial charge in [0.25, 0.3) is 0 Å². The number of nitrogens with one attached hydrogen (secondary N) is 1. The maximum Gasteiger partial charge on any atom is 0.141 e. The summed E-state index contributed by atoms with van der Waals surface area (Å²) < 4.78 is 12.6. The number of hydrogen-bond donors (Lipinski definition) is 1. The van der Waals surface area contributed by atoms with E-state index in [0.29, 0.717) is 6.04 Å². The highest BCUT2D eigenvalue weighted by molar-refractivity contribution is 5.50. The van der Waals surface area contributed by atoms with E-state index in [9.17, 15) is 4.39 Å². The van der Waals surface area contributed by atoms with E-state index in [-0.39, 0.29) is 5.82 Å². The molecule has 1 N–H and O–H groups in total. The second-order valence-corrected chi connectivity index (χ2v) is 2.91. The molecule has 11 heavy (non-hydrogen) atoms. The molecule has 0 aromatic carbocycles. The molecule has 0 fully saturated rings. The summed E-state index contributed by atoms with van der Waals surface area (Å²) in [5.74, 6) is 0.582. The minimum Gasteiger partial charge on any atom is -0.367 e. The highest BCUT2D eigenvalue weighted by Gasteiger charge is 2.17. The first-order valence-corrected chi connectivity index (χ1v) is 3.66. The van der Waals surface area contributed by atoms with Gasteiger partial charge in [0.15, 0.2) is 0 Å². The molecular formula is C8H9FN2. The number of aromatic nitrogens is 1. The Hall–Kier alpha value is -1.12. The second kappa shape index (κ2) is 2.19. The Balaban J connectivity index is 2.43. The van der Waals surface area contributed by atoms with Crippen LogP contribution < -0.4 is 5.32 Å². The van der Waals surface area contributed by atoms with E-state index in [1.807, 2.05) is 0 Å². The largest absolute Gasteiger partial charge is 0.367 e. The summed E-state index contributed by atoms with van der Waals surface area (Å²) in [6, 6.07) is 1.93. The fourth-order valence-corrected chi connectivity index (χ4v) is 1.38. The van der Waals surface area contributed by atoms with Gasteiger partial charge in [-0.15, -0.1) is 0 Å². The number of anilines is 1. The van der Waals surface area contributed by atoms with Crippen LogP contribution in [0.2, 0.25) is 0 Å².